The minimum Gasteiger partial charge on any atom is -0.493 e. The zero-order chi connectivity index (χ0) is 15.2. The molecule has 0 aliphatic heterocycles. The summed E-state index contributed by atoms with van der Waals surface area (Å²) in [6.07, 6.45) is 0.966. The molecule has 0 bridgehead atoms. The zero-order valence-electron chi connectivity index (χ0n) is 11.0. The number of hydrogen-bond donors (Lipinski definition) is 0. The summed E-state index contributed by atoms with van der Waals surface area (Å²) in [6, 6.07) is 8.08. The molecule has 0 aliphatic carbocycles. The van der Waals surface area contributed by atoms with Gasteiger partial charge in [-0.25, -0.2) is 0 Å². The van der Waals surface area contributed by atoms with E-state index in [-0.39, 0.29) is 11.5 Å². The highest BCUT2D eigenvalue weighted by atomic mass is 79.9. The van der Waals surface area contributed by atoms with E-state index < -0.39 is 4.92 Å². The predicted molar refractivity (Wildman–Crippen MR) is 84.2 cm³/mol. The topological polar surface area (TPSA) is 69.4 Å². The maximum atomic E-state index is 11.8. The highest BCUT2D eigenvalue weighted by Gasteiger charge is 2.10. The SMILES string of the molecule is O=C(CCCOc1cc(Br)cc([N+](=O)[O-])c1)c1cccs1. The smallest absolute Gasteiger partial charge is 0.274 e. The van der Waals surface area contributed by atoms with Crippen molar-refractivity contribution in [3.8, 4) is 5.75 Å². The van der Waals surface area contributed by atoms with Crippen LogP contribution in [0.3, 0.4) is 0 Å². The summed E-state index contributed by atoms with van der Waals surface area (Å²) in [5.74, 6) is 0.508. The van der Waals surface area contributed by atoms with Crippen LogP contribution in [0.15, 0.2) is 40.2 Å². The summed E-state index contributed by atoms with van der Waals surface area (Å²) in [5.41, 5.74) is -0.0333. The number of carbonyl (C=O) groups is 1. The summed E-state index contributed by atoms with van der Waals surface area (Å²) in [4.78, 5) is 22.8. The van der Waals surface area contributed by atoms with Crippen LogP contribution < -0.4 is 4.74 Å². The Balaban J connectivity index is 1.83. The number of thiophene rings is 1. The van der Waals surface area contributed by atoms with E-state index in [0.717, 1.165) is 4.88 Å². The molecule has 0 atom stereocenters. The lowest BCUT2D eigenvalue weighted by molar-refractivity contribution is -0.385. The number of nitro benzene ring substituents is 1. The van der Waals surface area contributed by atoms with Gasteiger partial charge in [0.1, 0.15) is 5.75 Å². The van der Waals surface area contributed by atoms with Crippen molar-refractivity contribution in [2.75, 3.05) is 6.61 Å². The predicted octanol–water partition coefficient (Wildman–Crippen LogP) is 4.46. The van der Waals surface area contributed by atoms with Crippen molar-refractivity contribution in [2.45, 2.75) is 12.8 Å². The van der Waals surface area contributed by atoms with Crippen LogP contribution >= 0.6 is 27.3 Å². The van der Waals surface area contributed by atoms with Gasteiger partial charge in [-0.05, 0) is 23.9 Å². The first kappa shape index (κ1) is 15.7. The fourth-order valence-corrected chi connectivity index (χ4v) is 2.87. The number of Topliss-reactive ketones (excluding diaryl/α,β-unsaturated/α-hetero) is 1. The number of halogens is 1. The van der Waals surface area contributed by atoms with Crippen molar-refractivity contribution in [1.29, 1.82) is 0 Å². The van der Waals surface area contributed by atoms with Gasteiger partial charge in [0.25, 0.3) is 5.69 Å². The maximum Gasteiger partial charge on any atom is 0.274 e. The molecule has 0 unspecified atom stereocenters. The zero-order valence-corrected chi connectivity index (χ0v) is 13.4. The van der Waals surface area contributed by atoms with Gasteiger partial charge < -0.3 is 4.74 Å². The minimum atomic E-state index is -0.474. The Morgan fingerprint density at radius 3 is 2.86 bits per heavy atom. The maximum absolute atomic E-state index is 11.8. The first-order valence-corrected chi connectivity index (χ1v) is 7.88. The van der Waals surface area contributed by atoms with Crippen molar-refractivity contribution in [2.24, 2.45) is 0 Å². The second-order valence-electron chi connectivity index (χ2n) is 4.25. The number of nitro groups is 1. The fraction of sp³-hybridized carbons (Fsp3) is 0.214. The Kier molecular flexibility index (Phi) is 5.46. The van der Waals surface area contributed by atoms with Crippen molar-refractivity contribution in [3.05, 3.63) is 55.2 Å². The Bertz CT molecular complexity index is 642. The van der Waals surface area contributed by atoms with Crippen LogP contribution in [0.4, 0.5) is 5.69 Å². The third-order valence-electron chi connectivity index (χ3n) is 2.68. The molecule has 21 heavy (non-hydrogen) atoms. The van der Waals surface area contributed by atoms with Gasteiger partial charge in [0.2, 0.25) is 0 Å². The van der Waals surface area contributed by atoms with Crippen LogP contribution in [-0.2, 0) is 0 Å². The summed E-state index contributed by atoms with van der Waals surface area (Å²) in [5, 5.41) is 12.6. The molecule has 0 fully saturated rings. The van der Waals surface area contributed by atoms with Crippen molar-refractivity contribution in [1.82, 2.24) is 0 Å². The van der Waals surface area contributed by atoms with Crippen LogP contribution in [0.1, 0.15) is 22.5 Å². The van der Waals surface area contributed by atoms with Gasteiger partial charge in [-0.3, -0.25) is 14.9 Å². The normalized spacial score (nSPS) is 10.3. The van der Waals surface area contributed by atoms with Gasteiger partial charge in [-0.15, -0.1) is 11.3 Å². The quantitative estimate of drug-likeness (QED) is 0.312. The Labute approximate surface area is 133 Å². The van der Waals surface area contributed by atoms with E-state index in [1.807, 2.05) is 11.4 Å². The van der Waals surface area contributed by atoms with Crippen LogP contribution in [-0.4, -0.2) is 17.3 Å². The molecule has 2 rings (SSSR count). The third-order valence-corrected chi connectivity index (χ3v) is 4.05. The standard InChI is InChI=1S/C14H12BrNO4S/c15-10-7-11(16(18)19)9-12(8-10)20-5-1-3-13(17)14-4-2-6-21-14/h2,4,6-9H,1,3,5H2. The lowest BCUT2D eigenvalue weighted by atomic mass is 10.2. The molecule has 1 aromatic heterocycles. The minimum absolute atomic E-state index is 0.0333. The van der Waals surface area contributed by atoms with Gasteiger partial charge in [0.15, 0.2) is 5.78 Å². The average molecular weight is 370 g/mol. The number of carbonyl (C=O) groups excluding carboxylic acids is 1. The van der Waals surface area contributed by atoms with Crippen molar-refractivity contribution in [3.63, 3.8) is 0 Å². The lowest BCUT2D eigenvalue weighted by Gasteiger charge is -2.06. The van der Waals surface area contributed by atoms with Crippen LogP contribution in [0, 0.1) is 10.1 Å². The number of ketones is 1. The van der Waals surface area contributed by atoms with E-state index in [9.17, 15) is 14.9 Å². The number of rotatable bonds is 7. The molecule has 0 N–H and O–H groups in total. The molecule has 0 spiro atoms. The lowest BCUT2D eigenvalue weighted by Crippen LogP contribution is -2.03. The van der Waals surface area contributed by atoms with E-state index in [4.69, 9.17) is 4.74 Å². The number of nitrogens with zero attached hydrogens (tertiary/aromatic N) is 1. The monoisotopic (exact) mass is 369 g/mol. The molecular formula is C14H12BrNO4S. The molecule has 7 heteroatoms. The number of benzene rings is 1. The van der Waals surface area contributed by atoms with Gasteiger partial charge >= 0.3 is 0 Å². The van der Waals surface area contributed by atoms with Gasteiger partial charge in [-0.1, -0.05) is 22.0 Å². The Morgan fingerprint density at radius 1 is 1.38 bits per heavy atom. The van der Waals surface area contributed by atoms with Gasteiger partial charge in [0, 0.05) is 17.0 Å². The molecular weight excluding hydrogens is 358 g/mol. The van der Waals surface area contributed by atoms with E-state index >= 15 is 0 Å². The van der Waals surface area contributed by atoms with E-state index in [1.165, 1.54) is 23.5 Å². The fourth-order valence-electron chi connectivity index (χ4n) is 1.72. The van der Waals surface area contributed by atoms with Crippen LogP contribution in [0.25, 0.3) is 0 Å². The second-order valence-corrected chi connectivity index (χ2v) is 6.12. The molecule has 5 nitrogen and oxygen atoms in total. The first-order valence-electron chi connectivity index (χ1n) is 6.21. The molecule has 0 amide bonds. The molecule has 0 saturated carbocycles. The largest absolute Gasteiger partial charge is 0.493 e. The molecule has 110 valence electrons. The molecule has 1 aromatic carbocycles. The molecule has 1 heterocycles. The Hall–Kier alpha value is -1.73. The van der Waals surface area contributed by atoms with Gasteiger partial charge in [-0.2, -0.15) is 0 Å². The third kappa shape index (κ3) is 4.64. The highest BCUT2D eigenvalue weighted by Crippen LogP contribution is 2.26. The Morgan fingerprint density at radius 2 is 2.19 bits per heavy atom. The number of hydrogen-bond acceptors (Lipinski definition) is 5. The molecule has 0 saturated heterocycles. The van der Waals surface area contributed by atoms with Crippen LogP contribution in [0.2, 0.25) is 0 Å². The first-order chi connectivity index (χ1) is 10.1. The second kappa shape index (κ2) is 7.33. The summed E-state index contributed by atoms with van der Waals surface area (Å²) in [7, 11) is 0. The summed E-state index contributed by atoms with van der Waals surface area (Å²) < 4.78 is 6.05. The van der Waals surface area contributed by atoms with E-state index in [1.54, 1.807) is 12.1 Å². The number of ether oxygens (including phenoxy) is 1. The van der Waals surface area contributed by atoms with E-state index in [0.29, 0.717) is 29.7 Å². The number of non-ortho nitro benzene ring substituents is 1. The van der Waals surface area contributed by atoms with E-state index in [2.05, 4.69) is 15.9 Å². The summed E-state index contributed by atoms with van der Waals surface area (Å²) in [6.45, 7) is 0.338. The summed E-state index contributed by atoms with van der Waals surface area (Å²) >= 11 is 4.62. The van der Waals surface area contributed by atoms with Crippen molar-refractivity contribution >= 4 is 38.7 Å². The molecule has 0 radical (unpaired) electrons. The molecule has 0 aliphatic rings. The average Bonchev–Trinajstić information content (AvgIpc) is 2.97. The van der Waals surface area contributed by atoms with Crippen molar-refractivity contribution < 1.29 is 14.5 Å². The molecule has 2 aromatic rings. The van der Waals surface area contributed by atoms with Gasteiger partial charge in [0.05, 0.1) is 22.5 Å². The van der Waals surface area contributed by atoms with Crippen LogP contribution in [0.5, 0.6) is 5.75 Å². The highest BCUT2D eigenvalue weighted by molar-refractivity contribution is 9.10.